The molecule has 0 saturated carbocycles. The Balaban J connectivity index is 1.93. The molecule has 0 bridgehead atoms. The molecule has 0 N–H and O–H groups in total. The van der Waals surface area contributed by atoms with E-state index in [4.69, 9.17) is 4.84 Å². The van der Waals surface area contributed by atoms with E-state index in [1.54, 1.807) is 13.0 Å². The van der Waals surface area contributed by atoms with Crippen molar-refractivity contribution in [2.45, 2.75) is 6.92 Å². The third-order valence-electron chi connectivity index (χ3n) is 2.23. The monoisotopic (exact) mass is 273 g/mol. The van der Waals surface area contributed by atoms with Crippen LogP contribution in [0.3, 0.4) is 0 Å². The van der Waals surface area contributed by atoms with E-state index in [2.05, 4.69) is 20.9 Å². The minimum Gasteiger partial charge on any atom is -0.353 e. The summed E-state index contributed by atoms with van der Waals surface area (Å²) in [4.78, 5) is 26.2. The lowest BCUT2D eigenvalue weighted by Crippen LogP contribution is -2.14. The van der Waals surface area contributed by atoms with Gasteiger partial charge < -0.3 is 4.84 Å². The zero-order valence-corrected chi connectivity index (χ0v) is 10.7. The quantitative estimate of drug-likeness (QED) is 0.611. The molecule has 6 heteroatoms. The Labute approximate surface area is 113 Å². The van der Waals surface area contributed by atoms with Crippen molar-refractivity contribution in [3.63, 3.8) is 0 Å². The third kappa shape index (κ3) is 3.78. The van der Waals surface area contributed by atoms with Gasteiger partial charge in [-0.05, 0) is 30.7 Å². The molecule has 0 saturated heterocycles. The minimum atomic E-state index is -1.12. The second-order valence-corrected chi connectivity index (χ2v) is 3.78. The second-order valence-electron chi connectivity index (χ2n) is 3.78. The van der Waals surface area contributed by atoms with Crippen LogP contribution in [0, 0.1) is 11.8 Å². The molecule has 1 aromatic heterocycles. The largest absolute Gasteiger partial charge is 0.449 e. The summed E-state index contributed by atoms with van der Waals surface area (Å²) < 4.78 is 8.64. The highest BCUT2D eigenvalue weighted by molar-refractivity contribution is 5.39. The van der Waals surface area contributed by atoms with Crippen molar-refractivity contribution < 1.29 is 13.9 Å². The normalized spacial score (nSPS) is 10.8. The summed E-state index contributed by atoms with van der Waals surface area (Å²) in [7, 11) is 0. The second kappa shape index (κ2) is 6.29. The first-order valence-corrected chi connectivity index (χ1v) is 5.76. The number of nitrogens with zero attached hydrogens (tertiary/aromatic N) is 1. The number of allylic oxidation sites excluding steroid dienone is 1. The molecular weight excluding hydrogens is 262 g/mol. The first kappa shape index (κ1) is 13.5. The Kier molecular flexibility index (Phi) is 4.24. The first-order valence-electron chi connectivity index (χ1n) is 5.76. The molecule has 0 amide bonds. The predicted molar refractivity (Wildman–Crippen MR) is 70.0 cm³/mol. The van der Waals surface area contributed by atoms with Gasteiger partial charge in [0.05, 0.1) is 0 Å². The van der Waals surface area contributed by atoms with Gasteiger partial charge in [-0.15, -0.1) is 0 Å². The van der Waals surface area contributed by atoms with Crippen LogP contribution in [-0.2, 0) is 0 Å². The molecule has 6 nitrogen and oxygen atoms in total. The SMILES string of the molecule is C/C(C#Cc1ccccc1)=C\COn1oc(=O)c(=O)o1. The third-order valence-corrected chi connectivity index (χ3v) is 2.23. The lowest BCUT2D eigenvalue weighted by Gasteiger charge is -1.95. The van der Waals surface area contributed by atoms with Gasteiger partial charge in [-0.2, -0.15) is 0 Å². The molecular formula is C14H11NO5. The molecule has 20 heavy (non-hydrogen) atoms. The van der Waals surface area contributed by atoms with E-state index in [9.17, 15) is 9.59 Å². The summed E-state index contributed by atoms with van der Waals surface area (Å²) in [5.74, 6) is 5.92. The van der Waals surface area contributed by atoms with Crippen molar-refractivity contribution in [2.24, 2.45) is 0 Å². The Morgan fingerprint density at radius 1 is 1.25 bits per heavy atom. The molecule has 102 valence electrons. The zero-order valence-electron chi connectivity index (χ0n) is 10.7. The van der Waals surface area contributed by atoms with Crippen LogP contribution in [0.25, 0.3) is 0 Å². The Bertz CT molecular complexity index is 740. The molecule has 2 aromatic rings. The van der Waals surface area contributed by atoms with Crippen LogP contribution < -0.4 is 16.1 Å². The van der Waals surface area contributed by atoms with Gasteiger partial charge in [-0.25, -0.2) is 9.59 Å². The molecule has 0 aliphatic carbocycles. The van der Waals surface area contributed by atoms with Gasteiger partial charge in [-0.3, -0.25) is 9.05 Å². The van der Waals surface area contributed by atoms with Gasteiger partial charge in [0.1, 0.15) is 11.7 Å². The minimum absolute atomic E-state index is 0.0515. The molecule has 0 atom stereocenters. The number of hydrogen-bond acceptors (Lipinski definition) is 5. The number of aromatic nitrogens is 1. The van der Waals surface area contributed by atoms with E-state index >= 15 is 0 Å². The van der Waals surface area contributed by atoms with Gasteiger partial charge >= 0.3 is 11.3 Å². The zero-order chi connectivity index (χ0) is 14.4. The lowest BCUT2D eigenvalue weighted by molar-refractivity contribution is -0.137. The van der Waals surface area contributed by atoms with Gasteiger partial charge in [0.25, 0.3) is 0 Å². The smallest absolute Gasteiger partial charge is 0.353 e. The average molecular weight is 273 g/mol. The predicted octanol–water partition coefficient (Wildman–Crippen LogP) is 0.821. The van der Waals surface area contributed by atoms with E-state index < -0.39 is 11.3 Å². The molecule has 1 heterocycles. The van der Waals surface area contributed by atoms with Gasteiger partial charge in [-0.1, -0.05) is 30.0 Å². The van der Waals surface area contributed by atoms with Crippen LogP contribution in [0.4, 0.5) is 0 Å². The van der Waals surface area contributed by atoms with Gasteiger partial charge in [0, 0.05) is 5.56 Å². The average Bonchev–Trinajstić information content (AvgIpc) is 2.76. The topological polar surface area (TPSA) is 74.6 Å². The summed E-state index contributed by atoms with van der Waals surface area (Å²) in [5.41, 5.74) is -0.557. The van der Waals surface area contributed by atoms with Crippen LogP contribution in [0.5, 0.6) is 0 Å². The van der Waals surface area contributed by atoms with E-state index in [1.807, 2.05) is 30.3 Å². The van der Waals surface area contributed by atoms with Gasteiger partial charge in [0.15, 0.2) is 0 Å². The van der Waals surface area contributed by atoms with Crippen LogP contribution >= 0.6 is 0 Å². The molecule has 0 unspecified atom stereocenters. The highest BCUT2D eigenvalue weighted by atomic mass is 17.0. The van der Waals surface area contributed by atoms with E-state index in [0.717, 1.165) is 11.1 Å². The molecule has 0 fully saturated rings. The fraction of sp³-hybridized carbons (Fsp3) is 0.143. The highest BCUT2D eigenvalue weighted by Crippen LogP contribution is 1.96. The summed E-state index contributed by atoms with van der Waals surface area (Å²) in [6.07, 6.45) is 1.66. The maximum atomic E-state index is 10.7. The molecule has 0 aliphatic rings. The number of rotatable bonds is 3. The van der Waals surface area contributed by atoms with Crippen LogP contribution in [-0.4, -0.2) is 11.7 Å². The highest BCUT2D eigenvalue weighted by Gasteiger charge is 2.04. The van der Waals surface area contributed by atoms with Crippen molar-refractivity contribution in [3.8, 4) is 11.8 Å². The maximum Gasteiger partial charge on any atom is 0.449 e. The van der Waals surface area contributed by atoms with Crippen LogP contribution in [0.15, 0.2) is 60.6 Å². The Morgan fingerprint density at radius 2 is 1.90 bits per heavy atom. The lowest BCUT2D eigenvalue weighted by atomic mass is 10.2. The Hall–Kier alpha value is -2.94. The molecule has 0 radical (unpaired) electrons. The van der Waals surface area contributed by atoms with Crippen molar-refractivity contribution in [1.29, 1.82) is 0 Å². The number of hydrogen-bond donors (Lipinski definition) is 0. The van der Waals surface area contributed by atoms with E-state index in [0.29, 0.717) is 5.08 Å². The van der Waals surface area contributed by atoms with Crippen LogP contribution in [0.2, 0.25) is 0 Å². The Morgan fingerprint density at radius 3 is 2.55 bits per heavy atom. The summed E-state index contributed by atoms with van der Waals surface area (Å²) >= 11 is 0. The first-order chi connectivity index (χ1) is 9.65. The maximum absolute atomic E-state index is 10.7. The van der Waals surface area contributed by atoms with Crippen molar-refractivity contribution in [1.82, 2.24) is 5.08 Å². The molecule has 2 rings (SSSR count). The number of benzene rings is 1. The van der Waals surface area contributed by atoms with Crippen molar-refractivity contribution >= 4 is 0 Å². The van der Waals surface area contributed by atoms with Crippen molar-refractivity contribution in [3.05, 3.63) is 68.4 Å². The van der Waals surface area contributed by atoms with E-state index in [1.165, 1.54) is 0 Å². The molecule has 1 aromatic carbocycles. The van der Waals surface area contributed by atoms with Gasteiger partial charge in [0.2, 0.25) is 0 Å². The van der Waals surface area contributed by atoms with Crippen LogP contribution in [0.1, 0.15) is 12.5 Å². The summed E-state index contributed by atoms with van der Waals surface area (Å²) in [5, 5.41) is 0.374. The fourth-order valence-electron chi connectivity index (χ4n) is 1.25. The summed E-state index contributed by atoms with van der Waals surface area (Å²) in [6, 6.07) is 9.53. The standard InChI is InChI=1S/C14H11NO5/c1-11(7-8-12-5-3-2-4-6-12)9-10-18-15-19-13(16)14(17)20-15/h2-6,9H,10H2,1H3/b11-9+. The summed E-state index contributed by atoms with van der Waals surface area (Å²) in [6.45, 7) is 1.86. The molecule has 0 spiro atoms. The van der Waals surface area contributed by atoms with E-state index in [-0.39, 0.29) is 6.61 Å². The fourth-order valence-corrected chi connectivity index (χ4v) is 1.25. The van der Waals surface area contributed by atoms with Crippen molar-refractivity contribution in [2.75, 3.05) is 6.61 Å². The molecule has 0 aliphatic heterocycles.